The van der Waals surface area contributed by atoms with Crippen molar-refractivity contribution in [2.45, 2.75) is 19.8 Å². The molecule has 114 valence electrons. The Morgan fingerprint density at radius 2 is 1.91 bits per heavy atom. The third-order valence-corrected chi connectivity index (χ3v) is 3.29. The number of carbonyl (C=O) groups is 1. The average Bonchev–Trinajstić information content (AvgIpc) is 2.55. The minimum absolute atomic E-state index is 0.126. The predicted molar refractivity (Wildman–Crippen MR) is 83.4 cm³/mol. The molecule has 0 N–H and O–H groups in total. The number of Topliss-reactive ketones (excluding diaryl/α,β-unsaturated/α-hetero) is 1. The van der Waals surface area contributed by atoms with E-state index in [4.69, 9.17) is 4.74 Å². The second kappa shape index (κ2) is 7.36. The molecule has 0 fully saturated rings. The van der Waals surface area contributed by atoms with Crippen molar-refractivity contribution in [2.24, 2.45) is 0 Å². The van der Waals surface area contributed by atoms with Crippen molar-refractivity contribution in [1.29, 1.82) is 0 Å². The third-order valence-electron chi connectivity index (χ3n) is 3.29. The van der Waals surface area contributed by atoms with E-state index in [1.807, 2.05) is 30.3 Å². The highest BCUT2D eigenvalue weighted by atomic mass is 16.6. The molecule has 0 unspecified atom stereocenters. The van der Waals surface area contributed by atoms with Crippen LogP contribution in [0.2, 0.25) is 0 Å². The fourth-order valence-corrected chi connectivity index (χ4v) is 2.08. The van der Waals surface area contributed by atoms with Crippen LogP contribution in [-0.2, 0) is 6.42 Å². The SMILES string of the molecule is CCC(=O)c1ccc(OCCc2ccccc2)c([N+](=O)[O-])c1. The smallest absolute Gasteiger partial charge is 0.311 e. The average molecular weight is 299 g/mol. The van der Waals surface area contributed by atoms with E-state index in [2.05, 4.69) is 0 Å². The lowest BCUT2D eigenvalue weighted by Gasteiger charge is -2.08. The zero-order valence-corrected chi connectivity index (χ0v) is 12.3. The van der Waals surface area contributed by atoms with E-state index in [1.165, 1.54) is 12.1 Å². The normalized spacial score (nSPS) is 10.2. The van der Waals surface area contributed by atoms with Crippen LogP contribution in [0.15, 0.2) is 48.5 Å². The molecule has 0 aliphatic heterocycles. The number of nitrogens with zero attached hydrogens (tertiary/aromatic N) is 1. The Labute approximate surface area is 128 Å². The van der Waals surface area contributed by atoms with Gasteiger partial charge in [0.2, 0.25) is 0 Å². The quantitative estimate of drug-likeness (QED) is 0.443. The van der Waals surface area contributed by atoms with Crippen LogP contribution in [0, 0.1) is 10.1 Å². The number of nitro groups is 1. The summed E-state index contributed by atoms with van der Waals surface area (Å²) in [4.78, 5) is 22.2. The third kappa shape index (κ3) is 3.91. The van der Waals surface area contributed by atoms with E-state index in [0.717, 1.165) is 5.56 Å². The Morgan fingerprint density at radius 1 is 1.18 bits per heavy atom. The van der Waals surface area contributed by atoms with E-state index in [9.17, 15) is 14.9 Å². The van der Waals surface area contributed by atoms with Crippen molar-refractivity contribution in [1.82, 2.24) is 0 Å². The van der Waals surface area contributed by atoms with Gasteiger partial charge < -0.3 is 4.74 Å². The highest BCUT2D eigenvalue weighted by Crippen LogP contribution is 2.28. The molecule has 0 radical (unpaired) electrons. The monoisotopic (exact) mass is 299 g/mol. The second-order valence-electron chi connectivity index (χ2n) is 4.80. The van der Waals surface area contributed by atoms with E-state index < -0.39 is 4.92 Å². The summed E-state index contributed by atoms with van der Waals surface area (Å²) >= 11 is 0. The van der Waals surface area contributed by atoms with Crippen LogP contribution < -0.4 is 4.74 Å². The zero-order chi connectivity index (χ0) is 15.9. The fraction of sp³-hybridized carbons (Fsp3) is 0.235. The lowest BCUT2D eigenvalue weighted by atomic mass is 10.1. The standard InChI is InChI=1S/C17H17NO4/c1-2-16(19)14-8-9-17(15(12-14)18(20)21)22-11-10-13-6-4-3-5-7-13/h3-9,12H,2,10-11H2,1H3. The molecule has 0 aliphatic rings. The molecule has 22 heavy (non-hydrogen) atoms. The molecule has 0 spiro atoms. The van der Waals surface area contributed by atoms with E-state index in [-0.39, 0.29) is 17.2 Å². The summed E-state index contributed by atoms with van der Waals surface area (Å²) in [5, 5.41) is 11.1. The molecule has 0 saturated heterocycles. The van der Waals surface area contributed by atoms with Gasteiger partial charge >= 0.3 is 5.69 Å². The number of hydrogen-bond donors (Lipinski definition) is 0. The summed E-state index contributed by atoms with van der Waals surface area (Å²) in [6.45, 7) is 2.06. The van der Waals surface area contributed by atoms with Crippen LogP contribution >= 0.6 is 0 Å². The first-order chi connectivity index (χ1) is 10.6. The maximum Gasteiger partial charge on any atom is 0.311 e. The highest BCUT2D eigenvalue weighted by molar-refractivity contribution is 5.96. The summed E-state index contributed by atoms with van der Waals surface area (Å²) in [5.41, 5.74) is 1.26. The van der Waals surface area contributed by atoms with Crippen LogP contribution in [0.1, 0.15) is 29.3 Å². The molecule has 2 aromatic rings. The van der Waals surface area contributed by atoms with E-state index in [1.54, 1.807) is 13.0 Å². The number of hydrogen-bond acceptors (Lipinski definition) is 4. The minimum atomic E-state index is -0.524. The van der Waals surface area contributed by atoms with Crippen LogP contribution in [0.3, 0.4) is 0 Å². The molecule has 0 aliphatic carbocycles. The number of rotatable bonds is 7. The Bertz CT molecular complexity index is 668. The molecule has 0 aromatic heterocycles. The zero-order valence-electron chi connectivity index (χ0n) is 12.3. The van der Waals surface area contributed by atoms with Gasteiger partial charge in [-0.1, -0.05) is 37.3 Å². The summed E-state index contributed by atoms with van der Waals surface area (Å²) in [6, 6.07) is 14.1. The van der Waals surface area contributed by atoms with Gasteiger partial charge in [-0.3, -0.25) is 14.9 Å². The maximum atomic E-state index is 11.6. The predicted octanol–water partition coefficient (Wildman–Crippen LogP) is 3.81. The van der Waals surface area contributed by atoms with Crippen molar-refractivity contribution in [3.8, 4) is 5.75 Å². The largest absolute Gasteiger partial charge is 0.486 e. The first-order valence-corrected chi connectivity index (χ1v) is 7.10. The molecule has 0 saturated carbocycles. The molecule has 2 rings (SSSR count). The summed E-state index contributed by atoms with van der Waals surface area (Å²) in [5.74, 6) is 0.0625. The van der Waals surface area contributed by atoms with Crippen LogP contribution in [0.5, 0.6) is 5.75 Å². The van der Waals surface area contributed by atoms with Gasteiger partial charge in [-0.2, -0.15) is 0 Å². The molecule has 0 heterocycles. The highest BCUT2D eigenvalue weighted by Gasteiger charge is 2.18. The van der Waals surface area contributed by atoms with Crippen molar-refractivity contribution < 1.29 is 14.5 Å². The first-order valence-electron chi connectivity index (χ1n) is 7.10. The van der Waals surface area contributed by atoms with Crippen molar-refractivity contribution in [3.05, 3.63) is 69.8 Å². The van der Waals surface area contributed by atoms with E-state index >= 15 is 0 Å². The van der Waals surface area contributed by atoms with Crippen molar-refractivity contribution in [3.63, 3.8) is 0 Å². The first kappa shape index (κ1) is 15.7. The van der Waals surface area contributed by atoms with Gasteiger partial charge in [0.05, 0.1) is 11.5 Å². The molecule has 2 aromatic carbocycles. The van der Waals surface area contributed by atoms with Gasteiger partial charge in [0.1, 0.15) is 0 Å². The molecular weight excluding hydrogens is 282 g/mol. The Hall–Kier alpha value is -2.69. The van der Waals surface area contributed by atoms with Gasteiger partial charge in [-0.15, -0.1) is 0 Å². The number of nitro benzene ring substituents is 1. The number of ether oxygens (including phenoxy) is 1. The van der Waals surface area contributed by atoms with Crippen LogP contribution in [0.4, 0.5) is 5.69 Å². The van der Waals surface area contributed by atoms with Crippen LogP contribution in [-0.4, -0.2) is 17.3 Å². The minimum Gasteiger partial charge on any atom is -0.486 e. The summed E-state index contributed by atoms with van der Waals surface area (Å²) in [7, 11) is 0. The Kier molecular flexibility index (Phi) is 5.25. The molecule has 0 amide bonds. The van der Waals surface area contributed by atoms with Gasteiger partial charge in [-0.25, -0.2) is 0 Å². The lowest BCUT2D eigenvalue weighted by Crippen LogP contribution is -2.05. The Morgan fingerprint density at radius 3 is 2.55 bits per heavy atom. The fourth-order valence-electron chi connectivity index (χ4n) is 2.08. The lowest BCUT2D eigenvalue weighted by molar-refractivity contribution is -0.385. The van der Waals surface area contributed by atoms with Crippen molar-refractivity contribution in [2.75, 3.05) is 6.61 Å². The van der Waals surface area contributed by atoms with Gasteiger partial charge in [0.15, 0.2) is 11.5 Å². The molecular formula is C17H17NO4. The Balaban J connectivity index is 2.09. The molecule has 5 heteroatoms. The molecule has 0 atom stereocenters. The van der Waals surface area contributed by atoms with Gasteiger partial charge in [0.25, 0.3) is 0 Å². The van der Waals surface area contributed by atoms with E-state index in [0.29, 0.717) is 25.0 Å². The molecule has 0 bridgehead atoms. The summed E-state index contributed by atoms with van der Waals surface area (Å²) in [6.07, 6.45) is 0.971. The topological polar surface area (TPSA) is 69.4 Å². The number of ketones is 1. The van der Waals surface area contributed by atoms with Gasteiger partial charge in [0, 0.05) is 24.5 Å². The van der Waals surface area contributed by atoms with Crippen LogP contribution in [0.25, 0.3) is 0 Å². The number of benzene rings is 2. The summed E-state index contributed by atoms with van der Waals surface area (Å²) < 4.78 is 5.52. The number of carbonyl (C=O) groups excluding carboxylic acids is 1. The second-order valence-corrected chi connectivity index (χ2v) is 4.80. The van der Waals surface area contributed by atoms with Gasteiger partial charge in [-0.05, 0) is 17.7 Å². The molecule has 5 nitrogen and oxygen atoms in total. The maximum absolute atomic E-state index is 11.6. The van der Waals surface area contributed by atoms with Crippen molar-refractivity contribution >= 4 is 11.5 Å².